The third-order valence-corrected chi connectivity index (χ3v) is 4.95. The minimum absolute atomic E-state index is 0.479. The van der Waals surface area contributed by atoms with Crippen LogP contribution in [0.3, 0.4) is 0 Å². The van der Waals surface area contributed by atoms with E-state index >= 15 is 0 Å². The van der Waals surface area contributed by atoms with Gasteiger partial charge in [-0.2, -0.15) is 0 Å². The van der Waals surface area contributed by atoms with Crippen molar-refractivity contribution in [3.63, 3.8) is 0 Å². The third kappa shape index (κ3) is 2.46. The topological polar surface area (TPSA) is 24.9 Å². The second-order valence-corrected chi connectivity index (χ2v) is 6.29. The smallest absolute Gasteiger partial charge is 0.0794 e. The van der Waals surface area contributed by atoms with Crippen molar-refractivity contribution in [3.05, 3.63) is 16.6 Å². The molecule has 2 aliphatic rings. The van der Waals surface area contributed by atoms with Crippen molar-refractivity contribution < 1.29 is 0 Å². The Kier molecular flexibility index (Phi) is 2.99. The van der Waals surface area contributed by atoms with E-state index in [4.69, 9.17) is 0 Å². The summed E-state index contributed by atoms with van der Waals surface area (Å²) in [6.45, 7) is 3.47. The first-order valence-corrected chi connectivity index (χ1v) is 7.34. The highest BCUT2D eigenvalue weighted by molar-refractivity contribution is 7.09. The van der Waals surface area contributed by atoms with Crippen LogP contribution in [0.1, 0.15) is 43.5 Å². The van der Waals surface area contributed by atoms with Crippen LogP contribution in [-0.2, 0) is 0 Å². The summed E-state index contributed by atoms with van der Waals surface area (Å²) >= 11 is 1.76. The third-order valence-electron chi connectivity index (χ3n) is 3.99. The van der Waals surface area contributed by atoms with Gasteiger partial charge < -0.3 is 5.32 Å². The summed E-state index contributed by atoms with van der Waals surface area (Å²) in [5.41, 5.74) is 1.92. The molecule has 1 aromatic heterocycles. The van der Waals surface area contributed by atoms with Gasteiger partial charge in [-0.25, -0.2) is 0 Å². The van der Waals surface area contributed by atoms with Gasteiger partial charge in [0.05, 0.1) is 5.51 Å². The van der Waals surface area contributed by atoms with Crippen LogP contribution >= 0.6 is 11.3 Å². The highest BCUT2D eigenvalue weighted by Gasteiger charge is 2.41. The normalized spacial score (nSPS) is 22.6. The Labute approximate surface area is 101 Å². The molecule has 1 N–H and O–H groups in total. The van der Waals surface area contributed by atoms with Crippen molar-refractivity contribution >= 4 is 11.3 Å². The Morgan fingerprint density at radius 2 is 2.06 bits per heavy atom. The number of hydrogen-bond acceptors (Lipinski definition) is 3. The maximum atomic E-state index is 4.14. The molecule has 0 bridgehead atoms. The molecular formula is C13H20N2S. The first-order valence-electron chi connectivity index (χ1n) is 6.46. The molecule has 16 heavy (non-hydrogen) atoms. The van der Waals surface area contributed by atoms with Crippen LogP contribution in [0.25, 0.3) is 0 Å². The number of rotatable bonds is 6. The Balaban J connectivity index is 1.51. The number of hydrogen-bond donors (Lipinski definition) is 1. The lowest BCUT2D eigenvalue weighted by Gasteiger charge is -2.19. The van der Waals surface area contributed by atoms with Gasteiger partial charge in [-0.15, -0.1) is 11.3 Å². The molecule has 2 aliphatic carbocycles. The highest BCUT2D eigenvalue weighted by Crippen LogP contribution is 2.48. The summed E-state index contributed by atoms with van der Waals surface area (Å²) in [7, 11) is 0. The van der Waals surface area contributed by atoms with Gasteiger partial charge in [0, 0.05) is 17.1 Å². The fraction of sp³-hybridized carbons (Fsp3) is 0.769. The molecule has 3 rings (SSSR count). The average molecular weight is 236 g/mol. The van der Waals surface area contributed by atoms with Gasteiger partial charge in [-0.3, -0.25) is 4.98 Å². The first-order chi connectivity index (χ1) is 7.84. The van der Waals surface area contributed by atoms with Gasteiger partial charge >= 0.3 is 0 Å². The van der Waals surface area contributed by atoms with Gasteiger partial charge in [-0.1, -0.05) is 0 Å². The van der Waals surface area contributed by atoms with Gasteiger partial charge in [0.2, 0.25) is 0 Å². The molecule has 0 amide bonds. The van der Waals surface area contributed by atoms with Crippen LogP contribution in [0.5, 0.6) is 0 Å². The first kappa shape index (κ1) is 10.7. The number of thiazole rings is 1. The van der Waals surface area contributed by atoms with Crippen LogP contribution in [0.15, 0.2) is 11.7 Å². The molecule has 0 radical (unpaired) electrons. The molecule has 2 fully saturated rings. The van der Waals surface area contributed by atoms with Crippen LogP contribution in [-0.4, -0.2) is 11.5 Å². The molecule has 1 unspecified atom stereocenters. The van der Waals surface area contributed by atoms with Crippen LogP contribution in [0.4, 0.5) is 0 Å². The van der Waals surface area contributed by atoms with Crippen molar-refractivity contribution in [2.24, 2.45) is 17.8 Å². The van der Waals surface area contributed by atoms with Gasteiger partial charge in [0.15, 0.2) is 0 Å². The summed E-state index contributed by atoms with van der Waals surface area (Å²) in [5.74, 6) is 3.07. The minimum atomic E-state index is 0.479. The van der Waals surface area contributed by atoms with Crippen LogP contribution in [0.2, 0.25) is 0 Å². The minimum Gasteiger partial charge on any atom is -0.309 e. The summed E-state index contributed by atoms with van der Waals surface area (Å²) in [6.07, 6.45) is 7.93. The Bertz CT molecular complexity index is 316. The molecule has 0 spiro atoms. The summed E-state index contributed by atoms with van der Waals surface area (Å²) in [6, 6.07) is 0.479. The van der Waals surface area contributed by atoms with Crippen molar-refractivity contribution in [1.82, 2.24) is 10.3 Å². The summed E-state index contributed by atoms with van der Waals surface area (Å²) < 4.78 is 0. The van der Waals surface area contributed by atoms with Crippen LogP contribution < -0.4 is 5.32 Å². The predicted molar refractivity (Wildman–Crippen MR) is 67.5 cm³/mol. The lowest BCUT2D eigenvalue weighted by molar-refractivity contribution is 0.363. The van der Waals surface area contributed by atoms with E-state index in [0.717, 1.165) is 17.8 Å². The van der Waals surface area contributed by atoms with E-state index in [-0.39, 0.29) is 0 Å². The Morgan fingerprint density at radius 3 is 2.56 bits per heavy atom. The lowest BCUT2D eigenvalue weighted by Crippen LogP contribution is -2.27. The van der Waals surface area contributed by atoms with E-state index in [2.05, 4.69) is 17.2 Å². The molecule has 0 saturated heterocycles. The largest absolute Gasteiger partial charge is 0.309 e. The zero-order valence-electron chi connectivity index (χ0n) is 9.86. The number of nitrogens with zero attached hydrogens (tertiary/aromatic N) is 1. The maximum absolute atomic E-state index is 4.14. The second kappa shape index (κ2) is 4.46. The predicted octanol–water partition coefficient (Wildman–Crippen LogP) is 3.23. The van der Waals surface area contributed by atoms with E-state index in [1.54, 1.807) is 11.3 Å². The monoisotopic (exact) mass is 236 g/mol. The maximum Gasteiger partial charge on any atom is 0.0794 e. The zero-order valence-corrected chi connectivity index (χ0v) is 10.7. The molecule has 2 saturated carbocycles. The highest BCUT2D eigenvalue weighted by atomic mass is 32.1. The van der Waals surface area contributed by atoms with E-state index < -0.39 is 0 Å². The van der Waals surface area contributed by atoms with Crippen molar-refractivity contribution in [3.8, 4) is 0 Å². The molecule has 1 aromatic rings. The molecule has 0 aromatic carbocycles. The average Bonchev–Trinajstić information content (AvgIpc) is 3.21. The van der Waals surface area contributed by atoms with E-state index in [1.165, 1.54) is 37.1 Å². The van der Waals surface area contributed by atoms with Crippen molar-refractivity contribution in [2.45, 2.75) is 38.6 Å². The van der Waals surface area contributed by atoms with Crippen molar-refractivity contribution in [2.75, 3.05) is 6.54 Å². The van der Waals surface area contributed by atoms with E-state index in [9.17, 15) is 0 Å². The molecular weight excluding hydrogens is 216 g/mol. The number of nitrogens with one attached hydrogen (secondary N) is 1. The molecule has 3 heteroatoms. The fourth-order valence-electron chi connectivity index (χ4n) is 2.62. The summed E-state index contributed by atoms with van der Waals surface area (Å²) in [5, 5.41) is 3.70. The standard InChI is InChI=1S/C13H20N2S/c1-9(13-7-14-8-16-13)15-6-12(10-2-3-10)11-4-5-11/h7-12,15H,2-6H2,1H3. The zero-order chi connectivity index (χ0) is 11.0. The molecule has 2 nitrogen and oxygen atoms in total. The second-order valence-electron chi connectivity index (χ2n) is 5.37. The molecule has 88 valence electrons. The molecule has 0 aliphatic heterocycles. The van der Waals surface area contributed by atoms with E-state index in [0.29, 0.717) is 6.04 Å². The number of aromatic nitrogens is 1. The van der Waals surface area contributed by atoms with E-state index in [1.807, 2.05) is 11.7 Å². The summed E-state index contributed by atoms with van der Waals surface area (Å²) in [4.78, 5) is 5.51. The SMILES string of the molecule is CC(NCC(C1CC1)C1CC1)c1cncs1. The van der Waals surface area contributed by atoms with Gasteiger partial charge in [-0.05, 0) is 56.9 Å². The fourth-order valence-corrected chi connectivity index (χ4v) is 3.27. The van der Waals surface area contributed by atoms with Gasteiger partial charge in [0.1, 0.15) is 0 Å². The quantitative estimate of drug-likeness (QED) is 0.820. The Morgan fingerprint density at radius 1 is 1.38 bits per heavy atom. The molecule has 1 atom stereocenters. The molecule has 1 heterocycles. The lowest BCUT2D eigenvalue weighted by atomic mass is 9.97. The van der Waals surface area contributed by atoms with Gasteiger partial charge in [0.25, 0.3) is 0 Å². The van der Waals surface area contributed by atoms with Crippen molar-refractivity contribution in [1.29, 1.82) is 0 Å². The Hall–Kier alpha value is -0.410. The van der Waals surface area contributed by atoms with Crippen LogP contribution in [0, 0.1) is 17.8 Å².